The molecule has 0 aromatic rings. The van der Waals surface area contributed by atoms with E-state index in [4.69, 9.17) is 4.74 Å². The van der Waals surface area contributed by atoms with Crippen LogP contribution in [0.25, 0.3) is 0 Å². The minimum absolute atomic E-state index is 0.410. The van der Waals surface area contributed by atoms with Crippen molar-refractivity contribution >= 4 is 0 Å². The van der Waals surface area contributed by atoms with Crippen LogP contribution in [0.15, 0.2) is 0 Å². The monoisotopic (exact) mass is 143 g/mol. The third-order valence-corrected chi connectivity index (χ3v) is 1.91. The first-order valence-corrected chi connectivity index (χ1v) is 4.18. The van der Waals surface area contributed by atoms with Crippen LogP contribution >= 0.6 is 0 Å². The van der Waals surface area contributed by atoms with Gasteiger partial charge in [0.15, 0.2) is 0 Å². The molecule has 1 rings (SSSR count). The first kappa shape index (κ1) is 8.02. The lowest BCUT2D eigenvalue weighted by Crippen LogP contribution is -2.45. The summed E-state index contributed by atoms with van der Waals surface area (Å²) >= 11 is 0. The molecule has 0 aliphatic carbocycles. The third-order valence-electron chi connectivity index (χ3n) is 1.91. The molecule has 0 saturated carbocycles. The number of rotatable bonds is 2. The smallest absolute Gasteiger partial charge is 0.0672 e. The molecule has 1 N–H and O–H groups in total. The fourth-order valence-electron chi connectivity index (χ4n) is 1.26. The van der Waals surface area contributed by atoms with E-state index in [-0.39, 0.29) is 0 Å². The molecule has 2 heteroatoms. The summed E-state index contributed by atoms with van der Waals surface area (Å²) in [5.74, 6) is 0. The van der Waals surface area contributed by atoms with Gasteiger partial charge in [-0.3, -0.25) is 0 Å². The number of nitrogens with one attached hydrogen (secondary N) is 1. The molecule has 0 amide bonds. The zero-order valence-electron chi connectivity index (χ0n) is 6.89. The normalized spacial score (nSPS) is 34.2. The van der Waals surface area contributed by atoms with Crippen LogP contribution in [0.1, 0.15) is 26.7 Å². The Labute approximate surface area is 63.0 Å². The van der Waals surface area contributed by atoms with Crippen molar-refractivity contribution in [2.75, 3.05) is 13.2 Å². The highest BCUT2D eigenvalue weighted by Gasteiger charge is 2.15. The quantitative estimate of drug-likeness (QED) is 0.626. The fraction of sp³-hybridized carbons (Fsp3) is 1.00. The molecule has 0 aromatic heterocycles. The van der Waals surface area contributed by atoms with Crippen LogP contribution in [0.3, 0.4) is 0 Å². The van der Waals surface area contributed by atoms with Crippen molar-refractivity contribution in [2.45, 2.75) is 38.8 Å². The number of ether oxygens (including phenoxy) is 1. The number of morpholine rings is 1. The standard InChI is InChI=1S/C8H17NO/c1-3-4-8-6-10-7(2)5-9-8/h7-9H,3-6H2,1-2H3/t7?,8-/m1/s1. The SMILES string of the molecule is CCC[C@@H]1COC(C)CN1. The van der Waals surface area contributed by atoms with Gasteiger partial charge in [0, 0.05) is 12.6 Å². The molecule has 1 saturated heterocycles. The van der Waals surface area contributed by atoms with Crippen LogP contribution in [0.4, 0.5) is 0 Å². The second-order valence-electron chi connectivity index (χ2n) is 3.04. The van der Waals surface area contributed by atoms with E-state index in [0.29, 0.717) is 12.1 Å². The molecule has 10 heavy (non-hydrogen) atoms. The van der Waals surface area contributed by atoms with Crippen molar-refractivity contribution in [3.63, 3.8) is 0 Å². The van der Waals surface area contributed by atoms with Gasteiger partial charge in [-0.25, -0.2) is 0 Å². The van der Waals surface area contributed by atoms with E-state index in [2.05, 4.69) is 19.2 Å². The van der Waals surface area contributed by atoms with Gasteiger partial charge in [-0.05, 0) is 13.3 Å². The summed E-state index contributed by atoms with van der Waals surface area (Å²) in [5, 5.41) is 3.44. The highest BCUT2D eigenvalue weighted by molar-refractivity contribution is 4.72. The average Bonchev–Trinajstić information content (AvgIpc) is 1.95. The number of hydrogen-bond acceptors (Lipinski definition) is 2. The summed E-state index contributed by atoms with van der Waals surface area (Å²) < 4.78 is 5.48. The van der Waals surface area contributed by atoms with Gasteiger partial charge in [-0.15, -0.1) is 0 Å². The van der Waals surface area contributed by atoms with E-state index in [9.17, 15) is 0 Å². The fourth-order valence-corrected chi connectivity index (χ4v) is 1.26. The van der Waals surface area contributed by atoms with Crippen molar-refractivity contribution < 1.29 is 4.74 Å². The Kier molecular flexibility index (Phi) is 3.16. The summed E-state index contributed by atoms with van der Waals surface area (Å²) in [4.78, 5) is 0. The molecule has 2 atom stereocenters. The maximum absolute atomic E-state index is 5.48. The zero-order valence-corrected chi connectivity index (χ0v) is 6.89. The van der Waals surface area contributed by atoms with Gasteiger partial charge in [0.25, 0.3) is 0 Å². The van der Waals surface area contributed by atoms with E-state index in [1.807, 2.05) is 0 Å². The van der Waals surface area contributed by atoms with Crippen LogP contribution in [0.2, 0.25) is 0 Å². The van der Waals surface area contributed by atoms with Crippen LogP contribution in [-0.4, -0.2) is 25.3 Å². The lowest BCUT2D eigenvalue weighted by molar-refractivity contribution is 0.0134. The van der Waals surface area contributed by atoms with Gasteiger partial charge in [0.05, 0.1) is 12.7 Å². The lowest BCUT2D eigenvalue weighted by atomic mass is 10.1. The predicted octanol–water partition coefficient (Wildman–Crippen LogP) is 1.16. The summed E-state index contributed by atoms with van der Waals surface area (Å²) in [6, 6.07) is 0.612. The van der Waals surface area contributed by atoms with Crippen molar-refractivity contribution in [2.24, 2.45) is 0 Å². The second-order valence-corrected chi connectivity index (χ2v) is 3.04. The Morgan fingerprint density at radius 2 is 2.40 bits per heavy atom. The Morgan fingerprint density at radius 1 is 1.60 bits per heavy atom. The maximum atomic E-state index is 5.48. The highest BCUT2D eigenvalue weighted by Crippen LogP contribution is 2.04. The molecule has 2 nitrogen and oxygen atoms in total. The third kappa shape index (κ3) is 2.27. The summed E-state index contributed by atoms with van der Waals surface area (Å²) in [7, 11) is 0. The molecule has 1 aliphatic heterocycles. The Balaban J connectivity index is 2.13. The lowest BCUT2D eigenvalue weighted by Gasteiger charge is -2.27. The van der Waals surface area contributed by atoms with Crippen LogP contribution in [0, 0.1) is 0 Å². The largest absolute Gasteiger partial charge is 0.376 e. The molecule has 1 aliphatic rings. The Bertz CT molecular complexity index is 87.3. The van der Waals surface area contributed by atoms with Crippen molar-refractivity contribution in [3.8, 4) is 0 Å². The highest BCUT2D eigenvalue weighted by atomic mass is 16.5. The second kappa shape index (κ2) is 3.94. The average molecular weight is 143 g/mol. The van der Waals surface area contributed by atoms with Gasteiger partial charge in [-0.2, -0.15) is 0 Å². The summed E-state index contributed by atoms with van der Waals surface area (Å²) in [6.45, 7) is 6.23. The van der Waals surface area contributed by atoms with E-state index in [0.717, 1.165) is 13.2 Å². The van der Waals surface area contributed by atoms with E-state index in [1.165, 1.54) is 12.8 Å². The number of hydrogen-bond donors (Lipinski definition) is 1. The molecule has 1 unspecified atom stereocenters. The Morgan fingerprint density at radius 3 is 2.90 bits per heavy atom. The zero-order chi connectivity index (χ0) is 7.40. The van der Waals surface area contributed by atoms with Crippen LogP contribution in [-0.2, 0) is 4.74 Å². The molecule has 0 spiro atoms. The van der Waals surface area contributed by atoms with Crippen LogP contribution in [0.5, 0.6) is 0 Å². The van der Waals surface area contributed by atoms with Crippen molar-refractivity contribution in [1.29, 1.82) is 0 Å². The van der Waals surface area contributed by atoms with Gasteiger partial charge in [0.1, 0.15) is 0 Å². The molecule has 60 valence electrons. The van der Waals surface area contributed by atoms with Gasteiger partial charge >= 0.3 is 0 Å². The van der Waals surface area contributed by atoms with Gasteiger partial charge in [0.2, 0.25) is 0 Å². The summed E-state index contributed by atoms with van der Waals surface area (Å²) in [5.41, 5.74) is 0. The van der Waals surface area contributed by atoms with E-state index in [1.54, 1.807) is 0 Å². The first-order chi connectivity index (χ1) is 4.83. The predicted molar refractivity (Wildman–Crippen MR) is 42.1 cm³/mol. The van der Waals surface area contributed by atoms with E-state index < -0.39 is 0 Å². The van der Waals surface area contributed by atoms with Crippen molar-refractivity contribution in [3.05, 3.63) is 0 Å². The molecule has 0 aromatic carbocycles. The molecule has 1 heterocycles. The first-order valence-electron chi connectivity index (χ1n) is 4.18. The molecular formula is C8H17NO. The Hall–Kier alpha value is -0.0800. The molecular weight excluding hydrogens is 126 g/mol. The minimum Gasteiger partial charge on any atom is -0.376 e. The van der Waals surface area contributed by atoms with Crippen LogP contribution < -0.4 is 5.32 Å². The van der Waals surface area contributed by atoms with Gasteiger partial charge in [-0.1, -0.05) is 13.3 Å². The van der Waals surface area contributed by atoms with E-state index >= 15 is 0 Å². The molecule has 0 radical (unpaired) electrons. The minimum atomic E-state index is 0.410. The molecule has 1 fully saturated rings. The molecule has 0 bridgehead atoms. The van der Waals surface area contributed by atoms with Crippen molar-refractivity contribution in [1.82, 2.24) is 5.32 Å². The van der Waals surface area contributed by atoms with Gasteiger partial charge < -0.3 is 10.1 Å². The topological polar surface area (TPSA) is 21.3 Å². The summed E-state index contributed by atoms with van der Waals surface area (Å²) in [6.07, 6.45) is 2.90. The maximum Gasteiger partial charge on any atom is 0.0672 e.